The highest BCUT2D eigenvalue weighted by molar-refractivity contribution is 7.92. The van der Waals surface area contributed by atoms with Gasteiger partial charge in [-0.2, -0.15) is 0 Å². The van der Waals surface area contributed by atoms with Crippen molar-refractivity contribution in [3.63, 3.8) is 0 Å². The average molecular weight is 568 g/mol. The van der Waals surface area contributed by atoms with Crippen LogP contribution in [0.25, 0.3) is 0 Å². The first-order chi connectivity index (χ1) is 18.4. The van der Waals surface area contributed by atoms with Gasteiger partial charge in [0.05, 0.1) is 23.4 Å². The molecule has 1 amide bonds. The molecule has 8 nitrogen and oxygen atoms in total. The number of halogens is 1. The standard InChI is InChI=1S/C28H26FN3O5S2/c1-20-3-11-25(12-4-20)31-39(36,37)27-17-13-24(14-18-27)30-28(33)22-7-15-26(16-8-22)32(38(2,34)35)19-21-5-9-23(29)10-6-21/h3-18,31H,19H2,1-2H3,(H,30,33). The Morgan fingerprint density at radius 1 is 0.769 bits per heavy atom. The Morgan fingerprint density at radius 2 is 1.33 bits per heavy atom. The van der Waals surface area contributed by atoms with Crippen LogP contribution in [0.2, 0.25) is 0 Å². The van der Waals surface area contributed by atoms with Crippen molar-refractivity contribution in [2.45, 2.75) is 18.4 Å². The van der Waals surface area contributed by atoms with Crippen molar-refractivity contribution in [2.75, 3.05) is 20.6 Å². The predicted octanol–water partition coefficient (Wildman–Crippen LogP) is 5.15. The molecule has 0 fully saturated rings. The van der Waals surface area contributed by atoms with Gasteiger partial charge in [0, 0.05) is 16.9 Å². The number of carbonyl (C=O) groups is 1. The van der Waals surface area contributed by atoms with Crippen LogP contribution in [0, 0.1) is 12.7 Å². The van der Waals surface area contributed by atoms with E-state index in [1.54, 1.807) is 24.3 Å². The zero-order valence-electron chi connectivity index (χ0n) is 21.1. The number of benzene rings is 4. The highest BCUT2D eigenvalue weighted by Gasteiger charge is 2.19. The maximum Gasteiger partial charge on any atom is 0.261 e. The number of anilines is 3. The third-order valence-corrected chi connectivity index (χ3v) is 8.32. The summed E-state index contributed by atoms with van der Waals surface area (Å²) in [7, 11) is -7.47. The second-order valence-corrected chi connectivity index (χ2v) is 12.5. The van der Waals surface area contributed by atoms with Gasteiger partial charge in [-0.05, 0) is 85.3 Å². The van der Waals surface area contributed by atoms with E-state index in [1.807, 2.05) is 6.92 Å². The van der Waals surface area contributed by atoms with Gasteiger partial charge < -0.3 is 5.32 Å². The Kier molecular flexibility index (Phi) is 8.03. The molecule has 4 aromatic rings. The Labute approximate surface area is 227 Å². The van der Waals surface area contributed by atoms with Crippen LogP contribution in [-0.4, -0.2) is 29.0 Å². The fourth-order valence-electron chi connectivity index (χ4n) is 3.69. The van der Waals surface area contributed by atoms with Crippen molar-refractivity contribution in [2.24, 2.45) is 0 Å². The third-order valence-electron chi connectivity index (χ3n) is 5.78. The summed E-state index contributed by atoms with van der Waals surface area (Å²) in [5.41, 5.74) is 3.04. The second-order valence-electron chi connectivity index (χ2n) is 8.89. The normalized spacial score (nSPS) is 11.6. The average Bonchev–Trinajstić information content (AvgIpc) is 2.89. The number of aryl methyl sites for hydroxylation is 1. The summed E-state index contributed by atoms with van der Waals surface area (Å²) in [6, 6.07) is 24.2. The van der Waals surface area contributed by atoms with Crippen LogP contribution < -0.4 is 14.3 Å². The Hall–Kier alpha value is -4.22. The first kappa shape index (κ1) is 27.8. The lowest BCUT2D eigenvalue weighted by Gasteiger charge is -2.22. The molecule has 0 radical (unpaired) electrons. The molecule has 0 aliphatic heterocycles. The van der Waals surface area contributed by atoms with E-state index in [-0.39, 0.29) is 17.0 Å². The van der Waals surface area contributed by atoms with Crippen molar-refractivity contribution < 1.29 is 26.0 Å². The predicted molar refractivity (Wildman–Crippen MR) is 150 cm³/mol. The van der Waals surface area contributed by atoms with E-state index in [2.05, 4.69) is 10.0 Å². The molecule has 4 aromatic carbocycles. The van der Waals surface area contributed by atoms with Crippen molar-refractivity contribution in [1.29, 1.82) is 0 Å². The second kappa shape index (κ2) is 11.3. The van der Waals surface area contributed by atoms with Gasteiger partial charge in [-0.1, -0.05) is 29.8 Å². The zero-order valence-corrected chi connectivity index (χ0v) is 22.8. The van der Waals surface area contributed by atoms with Gasteiger partial charge in [-0.3, -0.25) is 13.8 Å². The first-order valence-electron chi connectivity index (χ1n) is 11.7. The molecule has 0 bridgehead atoms. The number of carbonyl (C=O) groups excluding carboxylic acids is 1. The van der Waals surface area contributed by atoms with Crippen molar-refractivity contribution in [1.82, 2.24) is 0 Å². The van der Waals surface area contributed by atoms with Gasteiger partial charge in [0.15, 0.2) is 0 Å². The monoisotopic (exact) mass is 567 g/mol. The molecule has 4 rings (SSSR count). The van der Waals surface area contributed by atoms with Crippen molar-refractivity contribution in [3.8, 4) is 0 Å². The third kappa shape index (κ3) is 7.21. The van der Waals surface area contributed by atoms with Crippen LogP contribution in [0.5, 0.6) is 0 Å². The fourth-order valence-corrected chi connectivity index (χ4v) is 5.64. The summed E-state index contributed by atoms with van der Waals surface area (Å²) < 4.78 is 67.0. The molecule has 0 spiro atoms. The molecule has 0 atom stereocenters. The van der Waals surface area contributed by atoms with Crippen LogP contribution >= 0.6 is 0 Å². The molecule has 0 saturated heterocycles. The SMILES string of the molecule is Cc1ccc(NS(=O)(=O)c2ccc(NC(=O)c3ccc(N(Cc4ccc(F)cc4)S(C)(=O)=O)cc3)cc2)cc1. The van der Waals surface area contributed by atoms with Crippen LogP contribution in [0.15, 0.2) is 102 Å². The molecule has 11 heteroatoms. The maximum absolute atomic E-state index is 13.2. The van der Waals surface area contributed by atoms with Crippen molar-refractivity contribution in [3.05, 3.63) is 120 Å². The number of hydrogen-bond donors (Lipinski definition) is 2. The molecule has 202 valence electrons. The van der Waals surface area contributed by atoms with E-state index in [1.165, 1.54) is 72.8 Å². The summed E-state index contributed by atoms with van der Waals surface area (Å²) in [6.07, 6.45) is 1.07. The van der Waals surface area contributed by atoms with Crippen LogP contribution in [0.1, 0.15) is 21.5 Å². The Bertz CT molecular complexity index is 1670. The van der Waals surface area contributed by atoms with E-state index in [4.69, 9.17) is 0 Å². The highest BCUT2D eigenvalue weighted by Crippen LogP contribution is 2.23. The minimum Gasteiger partial charge on any atom is -0.322 e. The van der Waals surface area contributed by atoms with E-state index in [0.29, 0.717) is 22.6 Å². The summed E-state index contributed by atoms with van der Waals surface area (Å²) in [6.45, 7) is 1.90. The molecule has 2 N–H and O–H groups in total. The summed E-state index contributed by atoms with van der Waals surface area (Å²) in [4.78, 5) is 12.8. The molecule has 0 aliphatic rings. The molecule has 0 unspecified atom stereocenters. The number of sulfonamides is 2. The summed E-state index contributed by atoms with van der Waals surface area (Å²) in [5, 5.41) is 2.70. The molecule has 0 aliphatic carbocycles. The fraction of sp³-hybridized carbons (Fsp3) is 0.107. The number of nitrogens with zero attached hydrogens (tertiary/aromatic N) is 1. The van der Waals surface area contributed by atoms with Crippen LogP contribution in [0.3, 0.4) is 0 Å². The van der Waals surface area contributed by atoms with E-state index >= 15 is 0 Å². The highest BCUT2D eigenvalue weighted by atomic mass is 32.2. The molecule has 0 saturated carbocycles. The van der Waals surface area contributed by atoms with Gasteiger partial charge in [0.25, 0.3) is 15.9 Å². The zero-order chi connectivity index (χ0) is 28.2. The Balaban J connectivity index is 1.44. The first-order valence-corrected chi connectivity index (χ1v) is 15.1. The smallest absolute Gasteiger partial charge is 0.261 e. The molecule has 0 heterocycles. The van der Waals surface area contributed by atoms with E-state index in [0.717, 1.165) is 16.1 Å². The van der Waals surface area contributed by atoms with Gasteiger partial charge in [0.1, 0.15) is 5.82 Å². The molecular formula is C28H26FN3O5S2. The Morgan fingerprint density at radius 3 is 1.90 bits per heavy atom. The van der Waals surface area contributed by atoms with Gasteiger partial charge in [-0.15, -0.1) is 0 Å². The number of hydrogen-bond acceptors (Lipinski definition) is 5. The number of nitrogens with one attached hydrogen (secondary N) is 2. The lowest BCUT2D eigenvalue weighted by molar-refractivity contribution is 0.102. The lowest BCUT2D eigenvalue weighted by atomic mass is 10.1. The minimum atomic E-state index is -3.81. The quantitative estimate of drug-likeness (QED) is 0.290. The van der Waals surface area contributed by atoms with E-state index in [9.17, 15) is 26.0 Å². The van der Waals surface area contributed by atoms with Crippen LogP contribution in [0.4, 0.5) is 21.5 Å². The summed E-state index contributed by atoms with van der Waals surface area (Å²) >= 11 is 0. The molecule has 0 aromatic heterocycles. The minimum absolute atomic E-state index is 0.00131. The topological polar surface area (TPSA) is 113 Å². The lowest BCUT2D eigenvalue weighted by Crippen LogP contribution is -2.29. The van der Waals surface area contributed by atoms with Gasteiger partial charge >= 0.3 is 0 Å². The van der Waals surface area contributed by atoms with Crippen LogP contribution in [-0.2, 0) is 26.6 Å². The number of amides is 1. The summed E-state index contributed by atoms with van der Waals surface area (Å²) in [5.74, 6) is -0.880. The molecular weight excluding hydrogens is 541 g/mol. The van der Waals surface area contributed by atoms with Gasteiger partial charge in [0.2, 0.25) is 10.0 Å². The largest absolute Gasteiger partial charge is 0.322 e. The maximum atomic E-state index is 13.2. The van der Waals surface area contributed by atoms with Crippen molar-refractivity contribution >= 4 is 43.0 Å². The number of rotatable bonds is 9. The molecule has 39 heavy (non-hydrogen) atoms. The van der Waals surface area contributed by atoms with E-state index < -0.39 is 31.8 Å². The van der Waals surface area contributed by atoms with Gasteiger partial charge in [-0.25, -0.2) is 21.2 Å².